The zero-order chi connectivity index (χ0) is 12.7. The predicted molar refractivity (Wildman–Crippen MR) is 71.6 cm³/mol. The molecule has 90 valence electrons. The molecule has 0 amide bonds. The third-order valence-corrected chi connectivity index (χ3v) is 2.66. The fourth-order valence-corrected chi connectivity index (χ4v) is 1.18. The van der Waals surface area contributed by atoms with Gasteiger partial charge in [-0.3, -0.25) is 0 Å². The molecule has 0 fully saturated rings. The van der Waals surface area contributed by atoms with Crippen LogP contribution in [0.25, 0.3) is 0 Å². The Morgan fingerprint density at radius 3 is 2.19 bits per heavy atom. The minimum atomic E-state index is 0.379. The molecule has 0 rings (SSSR count). The van der Waals surface area contributed by atoms with Crippen LogP contribution in [0.4, 0.5) is 0 Å². The fraction of sp³-hybridized carbons (Fsp3) is 0.500. The Kier molecular flexibility index (Phi) is 6.47. The molecule has 0 radical (unpaired) electrons. The number of nitrogens with zero attached hydrogens (tertiary/aromatic N) is 1. The highest BCUT2D eigenvalue weighted by atomic mass is 16.5. The molecule has 0 aliphatic rings. The Balaban J connectivity index is 4.92. The summed E-state index contributed by atoms with van der Waals surface area (Å²) in [7, 11) is 1.64. The maximum absolute atomic E-state index is 5.17. The normalized spacial score (nSPS) is 14.4. The number of hydrogen-bond donors (Lipinski definition) is 0. The molecule has 0 saturated heterocycles. The van der Waals surface area contributed by atoms with Gasteiger partial charge in [-0.25, -0.2) is 4.99 Å². The molecule has 0 heterocycles. The van der Waals surface area contributed by atoms with Crippen molar-refractivity contribution in [1.82, 2.24) is 0 Å². The standard InChI is InChI=1S/C14H23NO/c1-8-11(4)13(6)12(5)9-15-14(16-7)10(2)3/h8-9,11H,1H2,2-7H3/b13-12+,15-9-. The first-order valence-electron chi connectivity index (χ1n) is 5.49. The number of allylic oxidation sites excluding steroid dienone is 4. The molecule has 0 aromatic carbocycles. The van der Waals surface area contributed by atoms with Gasteiger partial charge < -0.3 is 4.74 Å². The van der Waals surface area contributed by atoms with Gasteiger partial charge in [0.2, 0.25) is 5.88 Å². The third kappa shape index (κ3) is 4.47. The molecule has 0 N–H and O–H groups in total. The van der Waals surface area contributed by atoms with Crippen LogP contribution in [-0.4, -0.2) is 13.3 Å². The first kappa shape index (κ1) is 14.7. The molecular weight excluding hydrogens is 198 g/mol. The number of rotatable bonds is 5. The van der Waals surface area contributed by atoms with E-state index in [-0.39, 0.29) is 0 Å². The lowest BCUT2D eigenvalue weighted by Crippen LogP contribution is -1.96. The first-order valence-corrected chi connectivity index (χ1v) is 5.49. The van der Waals surface area contributed by atoms with Crippen LogP contribution in [0, 0.1) is 5.92 Å². The lowest BCUT2D eigenvalue weighted by molar-refractivity contribution is 0.284. The second kappa shape index (κ2) is 7.04. The van der Waals surface area contributed by atoms with Crippen LogP contribution < -0.4 is 0 Å². The van der Waals surface area contributed by atoms with E-state index in [1.807, 2.05) is 26.1 Å². The van der Waals surface area contributed by atoms with E-state index >= 15 is 0 Å². The van der Waals surface area contributed by atoms with E-state index in [9.17, 15) is 0 Å². The lowest BCUT2D eigenvalue weighted by Gasteiger charge is -2.09. The van der Waals surface area contributed by atoms with Crippen LogP contribution in [0.2, 0.25) is 0 Å². The molecule has 0 aromatic rings. The zero-order valence-corrected chi connectivity index (χ0v) is 11.3. The van der Waals surface area contributed by atoms with Crippen molar-refractivity contribution < 1.29 is 4.74 Å². The molecule has 1 atom stereocenters. The summed E-state index contributed by atoms with van der Waals surface area (Å²) >= 11 is 0. The van der Waals surface area contributed by atoms with Crippen molar-refractivity contribution in [2.24, 2.45) is 10.9 Å². The molecule has 1 unspecified atom stereocenters. The highest BCUT2D eigenvalue weighted by Gasteiger charge is 2.02. The molecule has 2 nitrogen and oxygen atoms in total. The lowest BCUT2D eigenvalue weighted by atomic mass is 9.99. The van der Waals surface area contributed by atoms with E-state index in [4.69, 9.17) is 4.74 Å². The van der Waals surface area contributed by atoms with Gasteiger partial charge in [0.15, 0.2) is 0 Å². The SMILES string of the molecule is C=CC(C)/C(C)=C(C)/C=N\C(OC)=C(C)C. The summed E-state index contributed by atoms with van der Waals surface area (Å²) in [4.78, 5) is 4.32. The molecule has 0 bridgehead atoms. The van der Waals surface area contributed by atoms with Gasteiger partial charge in [-0.15, -0.1) is 6.58 Å². The van der Waals surface area contributed by atoms with E-state index in [1.54, 1.807) is 7.11 Å². The summed E-state index contributed by atoms with van der Waals surface area (Å²) in [5, 5.41) is 0. The van der Waals surface area contributed by atoms with E-state index in [0.717, 1.165) is 11.1 Å². The van der Waals surface area contributed by atoms with Gasteiger partial charge >= 0.3 is 0 Å². The number of hydrogen-bond acceptors (Lipinski definition) is 2. The third-order valence-electron chi connectivity index (χ3n) is 2.66. The van der Waals surface area contributed by atoms with Gasteiger partial charge in [0.1, 0.15) is 0 Å². The summed E-state index contributed by atoms with van der Waals surface area (Å²) in [6.45, 7) is 14.0. The van der Waals surface area contributed by atoms with Crippen molar-refractivity contribution in [2.45, 2.75) is 34.6 Å². The summed E-state index contributed by atoms with van der Waals surface area (Å²) in [5.41, 5.74) is 3.51. The first-order chi connectivity index (χ1) is 7.43. The molecule has 0 aromatic heterocycles. The van der Waals surface area contributed by atoms with Gasteiger partial charge in [0, 0.05) is 6.21 Å². The summed E-state index contributed by atoms with van der Waals surface area (Å²) in [6, 6.07) is 0. The molecule has 0 aliphatic heterocycles. The monoisotopic (exact) mass is 221 g/mol. The average molecular weight is 221 g/mol. The molecule has 0 spiro atoms. The van der Waals surface area contributed by atoms with E-state index in [2.05, 4.69) is 32.3 Å². The topological polar surface area (TPSA) is 21.6 Å². The smallest absolute Gasteiger partial charge is 0.211 e. The van der Waals surface area contributed by atoms with Gasteiger partial charge in [-0.2, -0.15) is 0 Å². The van der Waals surface area contributed by atoms with E-state index < -0.39 is 0 Å². The van der Waals surface area contributed by atoms with Crippen molar-refractivity contribution >= 4 is 6.21 Å². The van der Waals surface area contributed by atoms with Gasteiger partial charge in [-0.05, 0) is 44.8 Å². The van der Waals surface area contributed by atoms with Gasteiger partial charge in [0.25, 0.3) is 0 Å². The zero-order valence-electron chi connectivity index (χ0n) is 11.3. The second-order valence-corrected chi connectivity index (χ2v) is 4.16. The van der Waals surface area contributed by atoms with Gasteiger partial charge in [-0.1, -0.05) is 18.6 Å². The fourth-order valence-electron chi connectivity index (χ4n) is 1.18. The Morgan fingerprint density at radius 2 is 1.81 bits per heavy atom. The average Bonchev–Trinajstić information content (AvgIpc) is 2.26. The van der Waals surface area contributed by atoms with Crippen LogP contribution in [0.3, 0.4) is 0 Å². The minimum absolute atomic E-state index is 0.379. The van der Waals surface area contributed by atoms with Crippen LogP contribution in [0.15, 0.2) is 40.2 Å². The molecule has 16 heavy (non-hydrogen) atoms. The van der Waals surface area contributed by atoms with Crippen molar-refractivity contribution in [3.05, 3.63) is 35.3 Å². The Morgan fingerprint density at radius 1 is 1.25 bits per heavy atom. The summed E-state index contributed by atoms with van der Waals surface area (Å²) in [5.74, 6) is 1.06. The van der Waals surface area contributed by atoms with Crippen molar-refractivity contribution in [3.8, 4) is 0 Å². The minimum Gasteiger partial charge on any atom is -0.481 e. The maximum atomic E-state index is 5.17. The van der Waals surface area contributed by atoms with E-state index in [1.165, 1.54) is 5.57 Å². The second-order valence-electron chi connectivity index (χ2n) is 4.16. The number of aliphatic imine (C=N–C) groups is 1. The van der Waals surface area contributed by atoms with Crippen molar-refractivity contribution in [1.29, 1.82) is 0 Å². The maximum Gasteiger partial charge on any atom is 0.211 e. The molecule has 0 saturated carbocycles. The van der Waals surface area contributed by atoms with Crippen LogP contribution >= 0.6 is 0 Å². The predicted octanol–water partition coefficient (Wildman–Crippen LogP) is 4.11. The van der Waals surface area contributed by atoms with E-state index in [0.29, 0.717) is 11.8 Å². The Labute approximate surface area is 99.4 Å². The highest BCUT2D eigenvalue weighted by Crippen LogP contribution is 2.15. The van der Waals surface area contributed by atoms with Crippen LogP contribution in [0.1, 0.15) is 34.6 Å². The molecular formula is C14H23NO. The van der Waals surface area contributed by atoms with Crippen LogP contribution in [-0.2, 0) is 4.74 Å². The van der Waals surface area contributed by atoms with Gasteiger partial charge in [0.05, 0.1) is 7.11 Å². The Hall–Kier alpha value is -1.31. The van der Waals surface area contributed by atoms with Crippen LogP contribution in [0.5, 0.6) is 0 Å². The quantitative estimate of drug-likeness (QED) is 0.389. The Bertz CT molecular complexity index is 331. The molecule has 0 aliphatic carbocycles. The largest absolute Gasteiger partial charge is 0.481 e. The number of methoxy groups -OCH3 is 1. The summed E-state index contributed by atoms with van der Waals surface area (Å²) in [6.07, 6.45) is 3.78. The summed E-state index contributed by atoms with van der Waals surface area (Å²) < 4.78 is 5.17. The number of ether oxygens (including phenoxy) is 1. The molecule has 2 heteroatoms. The van der Waals surface area contributed by atoms with Crippen molar-refractivity contribution in [3.63, 3.8) is 0 Å². The highest BCUT2D eigenvalue weighted by molar-refractivity contribution is 5.79. The van der Waals surface area contributed by atoms with Crippen molar-refractivity contribution in [2.75, 3.05) is 7.11 Å².